The Bertz CT molecular complexity index is 865. The zero-order valence-corrected chi connectivity index (χ0v) is 16.2. The second-order valence-electron chi connectivity index (χ2n) is 7.18. The van der Waals surface area contributed by atoms with Gasteiger partial charge in [0.1, 0.15) is 5.69 Å². The summed E-state index contributed by atoms with van der Waals surface area (Å²) in [7, 11) is 0. The van der Waals surface area contributed by atoms with Crippen LogP contribution in [0.15, 0.2) is 42.6 Å². The van der Waals surface area contributed by atoms with Crippen LogP contribution in [-0.4, -0.2) is 23.0 Å². The van der Waals surface area contributed by atoms with E-state index in [0.717, 1.165) is 31.0 Å². The van der Waals surface area contributed by atoms with Crippen molar-refractivity contribution in [2.24, 2.45) is 5.92 Å². The SMILES string of the molecule is Cl.O=C(NC(c1ccccc1)C12CC(CN1)C2)c1ncc(C(F)(F)F)cc1Cl. The Balaban J connectivity index is 0.00000225. The van der Waals surface area contributed by atoms with Crippen molar-refractivity contribution in [3.8, 4) is 0 Å². The number of halogens is 5. The fourth-order valence-corrected chi connectivity index (χ4v) is 4.34. The number of hydrogen-bond acceptors (Lipinski definition) is 3. The zero-order chi connectivity index (χ0) is 19.2. The number of carbonyl (C=O) groups is 1. The van der Waals surface area contributed by atoms with Crippen molar-refractivity contribution >= 4 is 29.9 Å². The predicted octanol–water partition coefficient (Wildman–Crippen LogP) is 4.40. The molecule has 0 radical (unpaired) electrons. The number of rotatable bonds is 4. The molecule has 2 bridgehead atoms. The number of nitrogens with one attached hydrogen (secondary N) is 2. The van der Waals surface area contributed by atoms with Crippen LogP contribution in [0, 0.1) is 5.92 Å². The van der Waals surface area contributed by atoms with E-state index in [2.05, 4.69) is 15.6 Å². The van der Waals surface area contributed by atoms with Gasteiger partial charge in [0.2, 0.25) is 0 Å². The molecular weight excluding hydrogens is 414 g/mol. The molecule has 2 N–H and O–H groups in total. The maximum Gasteiger partial charge on any atom is 0.417 e. The van der Waals surface area contributed by atoms with E-state index < -0.39 is 17.6 Å². The molecule has 1 atom stereocenters. The zero-order valence-electron chi connectivity index (χ0n) is 14.6. The molecule has 150 valence electrons. The first kappa shape index (κ1) is 20.9. The van der Waals surface area contributed by atoms with E-state index in [4.69, 9.17) is 11.6 Å². The molecule has 1 aromatic heterocycles. The molecule has 2 saturated heterocycles. The molecule has 0 spiro atoms. The van der Waals surface area contributed by atoms with Crippen molar-refractivity contribution in [1.29, 1.82) is 0 Å². The number of amides is 1. The Kier molecular flexibility index (Phi) is 5.62. The van der Waals surface area contributed by atoms with Crippen molar-refractivity contribution in [3.05, 3.63) is 64.4 Å². The van der Waals surface area contributed by atoms with Crippen LogP contribution in [-0.2, 0) is 6.18 Å². The van der Waals surface area contributed by atoms with Gasteiger partial charge in [-0.3, -0.25) is 4.79 Å². The Morgan fingerprint density at radius 2 is 1.96 bits per heavy atom. The molecule has 2 aromatic rings. The van der Waals surface area contributed by atoms with Crippen LogP contribution in [0.4, 0.5) is 13.2 Å². The van der Waals surface area contributed by atoms with Crippen molar-refractivity contribution in [2.75, 3.05) is 6.54 Å². The third-order valence-electron chi connectivity index (χ3n) is 5.39. The van der Waals surface area contributed by atoms with Crippen LogP contribution >= 0.6 is 24.0 Å². The average molecular weight is 432 g/mol. The summed E-state index contributed by atoms with van der Waals surface area (Å²) in [6, 6.07) is 9.93. The molecule has 9 heteroatoms. The second-order valence-corrected chi connectivity index (χ2v) is 7.59. The lowest BCUT2D eigenvalue weighted by molar-refractivity contribution is -0.137. The molecule has 3 fully saturated rings. The molecule has 3 aliphatic rings. The van der Waals surface area contributed by atoms with Crippen LogP contribution in [0.5, 0.6) is 0 Å². The molecule has 1 amide bonds. The number of benzene rings is 1. The Morgan fingerprint density at radius 3 is 2.50 bits per heavy atom. The molecule has 1 aliphatic carbocycles. The molecule has 2 aliphatic heterocycles. The van der Waals surface area contributed by atoms with E-state index in [-0.39, 0.29) is 34.7 Å². The monoisotopic (exact) mass is 431 g/mol. The van der Waals surface area contributed by atoms with Gasteiger partial charge in [0.05, 0.1) is 16.6 Å². The van der Waals surface area contributed by atoms with Gasteiger partial charge in [-0.05, 0) is 36.9 Å². The highest BCUT2D eigenvalue weighted by Crippen LogP contribution is 2.50. The lowest BCUT2D eigenvalue weighted by Gasteiger charge is -2.44. The van der Waals surface area contributed by atoms with E-state index >= 15 is 0 Å². The van der Waals surface area contributed by atoms with Crippen LogP contribution in [0.1, 0.15) is 40.5 Å². The van der Waals surface area contributed by atoms with Crippen LogP contribution in [0.2, 0.25) is 5.02 Å². The fraction of sp³-hybridized carbons (Fsp3) is 0.368. The van der Waals surface area contributed by atoms with Gasteiger partial charge in [-0.1, -0.05) is 41.9 Å². The highest BCUT2D eigenvalue weighted by Gasteiger charge is 2.55. The van der Waals surface area contributed by atoms with Crippen LogP contribution < -0.4 is 10.6 Å². The number of pyridine rings is 1. The third-order valence-corrected chi connectivity index (χ3v) is 5.68. The number of fused-ring (bicyclic) bond motifs is 1. The summed E-state index contributed by atoms with van der Waals surface area (Å²) in [5.74, 6) is 0.00926. The largest absolute Gasteiger partial charge is 0.417 e. The minimum Gasteiger partial charge on any atom is -0.342 e. The summed E-state index contributed by atoms with van der Waals surface area (Å²) in [5, 5.41) is 6.11. The first-order chi connectivity index (χ1) is 12.8. The first-order valence-corrected chi connectivity index (χ1v) is 9.00. The molecule has 1 aromatic carbocycles. The topological polar surface area (TPSA) is 54.0 Å². The molecule has 28 heavy (non-hydrogen) atoms. The van der Waals surface area contributed by atoms with Gasteiger partial charge in [0, 0.05) is 11.7 Å². The van der Waals surface area contributed by atoms with Crippen molar-refractivity contribution in [1.82, 2.24) is 15.6 Å². The fourth-order valence-electron chi connectivity index (χ4n) is 4.09. The summed E-state index contributed by atoms with van der Waals surface area (Å²) >= 11 is 5.93. The normalized spacial score (nSPS) is 24.1. The van der Waals surface area contributed by atoms with E-state index in [1.807, 2.05) is 30.3 Å². The number of alkyl halides is 3. The Morgan fingerprint density at radius 1 is 1.29 bits per heavy atom. The maximum atomic E-state index is 12.8. The summed E-state index contributed by atoms with van der Waals surface area (Å²) in [4.78, 5) is 16.4. The number of nitrogens with zero attached hydrogens (tertiary/aromatic N) is 1. The van der Waals surface area contributed by atoms with E-state index in [0.29, 0.717) is 12.1 Å². The summed E-state index contributed by atoms with van der Waals surface area (Å²) in [6.45, 7) is 0.901. The molecule has 3 heterocycles. The summed E-state index contributed by atoms with van der Waals surface area (Å²) in [5.41, 5.74) is -0.501. The lowest BCUT2D eigenvalue weighted by atomic mass is 9.67. The molecule has 4 nitrogen and oxygen atoms in total. The Labute approximate surface area is 171 Å². The van der Waals surface area contributed by atoms with E-state index in [1.54, 1.807) is 0 Å². The summed E-state index contributed by atoms with van der Waals surface area (Å²) in [6.07, 6.45) is -2.04. The lowest BCUT2D eigenvalue weighted by Crippen LogP contribution is -2.54. The Hall–Kier alpha value is -1.83. The standard InChI is InChI=1S/C19H17ClF3N3O.ClH/c20-14-6-13(19(21,22)23)10-24-15(14)17(27)26-16(12-4-2-1-3-5-12)18-7-11(8-18)9-25-18;/h1-6,10-11,16,25H,7-9H2,(H,26,27);1H. The predicted molar refractivity (Wildman–Crippen MR) is 102 cm³/mol. The first-order valence-electron chi connectivity index (χ1n) is 8.62. The van der Waals surface area contributed by atoms with Crippen molar-refractivity contribution in [3.63, 3.8) is 0 Å². The second kappa shape index (κ2) is 7.54. The van der Waals surface area contributed by atoms with Gasteiger partial charge in [-0.2, -0.15) is 13.2 Å². The number of aromatic nitrogens is 1. The van der Waals surface area contributed by atoms with Gasteiger partial charge in [0.25, 0.3) is 5.91 Å². The maximum absolute atomic E-state index is 12.8. The molecule has 1 unspecified atom stereocenters. The van der Waals surface area contributed by atoms with Gasteiger partial charge in [-0.15, -0.1) is 12.4 Å². The van der Waals surface area contributed by atoms with E-state index in [1.165, 1.54) is 0 Å². The van der Waals surface area contributed by atoms with Gasteiger partial charge < -0.3 is 10.6 Å². The average Bonchev–Trinajstić information content (AvgIpc) is 3.21. The van der Waals surface area contributed by atoms with Crippen LogP contribution in [0.25, 0.3) is 0 Å². The van der Waals surface area contributed by atoms with Crippen molar-refractivity contribution < 1.29 is 18.0 Å². The molecule has 5 rings (SSSR count). The minimum atomic E-state index is -4.56. The smallest absolute Gasteiger partial charge is 0.342 e. The molecule has 1 saturated carbocycles. The number of carbonyl (C=O) groups excluding carboxylic acids is 1. The van der Waals surface area contributed by atoms with Gasteiger partial charge >= 0.3 is 6.18 Å². The summed E-state index contributed by atoms with van der Waals surface area (Å²) < 4.78 is 38.4. The van der Waals surface area contributed by atoms with Crippen LogP contribution in [0.3, 0.4) is 0 Å². The number of hydrogen-bond donors (Lipinski definition) is 2. The third kappa shape index (κ3) is 3.71. The van der Waals surface area contributed by atoms with Gasteiger partial charge in [-0.25, -0.2) is 4.98 Å². The van der Waals surface area contributed by atoms with Gasteiger partial charge in [0.15, 0.2) is 0 Å². The minimum absolute atomic E-state index is 0. The highest BCUT2D eigenvalue weighted by atomic mass is 35.5. The quantitative estimate of drug-likeness (QED) is 0.754. The van der Waals surface area contributed by atoms with Crippen molar-refractivity contribution in [2.45, 2.75) is 30.6 Å². The highest BCUT2D eigenvalue weighted by molar-refractivity contribution is 6.33. The van der Waals surface area contributed by atoms with E-state index in [9.17, 15) is 18.0 Å². The molecular formula is C19H18Cl2F3N3O.